The van der Waals surface area contributed by atoms with Gasteiger partial charge in [0.25, 0.3) is 5.91 Å². The quantitative estimate of drug-likeness (QED) is 0.389. The summed E-state index contributed by atoms with van der Waals surface area (Å²) in [6, 6.07) is 9.16. The van der Waals surface area contributed by atoms with Crippen molar-refractivity contribution < 1.29 is 4.79 Å². The molecule has 1 aromatic heterocycles. The number of amides is 1. The molecule has 1 amide bonds. The van der Waals surface area contributed by atoms with Crippen LogP contribution in [0.15, 0.2) is 40.6 Å². The van der Waals surface area contributed by atoms with E-state index in [9.17, 15) is 4.79 Å². The van der Waals surface area contributed by atoms with Gasteiger partial charge in [0.2, 0.25) is 0 Å². The van der Waals surface area contributed by atoms with Crippen LogP contribution in [0.25, 0.3) is 0 Å². The molecule has 0 saturated heterocycles. The van der Waals surface area contributed by atoms with E-state index in [0.717, 1.165) is 17.0 Å². The maximum atomic E-state index is 12.1. The molecule has 1 N–H and O–H groups in total. The van der Waals surface area contributed by atoms with Crippen LogP contribution in [0.3, 0.4) is 0 Å². The lowest BCUT2D eigenvalue weighted by molar-refractivity contribution is -0.120. The van der Waals surface area contributed by atoms with E-state index >= 15 is 0 Å². The highest BCUT2D eigenvalue weighted by atomic mass is 35.5. The van der Waals surface area contributed by atoms with Gasteiger partial charge in [0.1, 0.15) is 0 Å². The molecule has 0 fully saturated rings. The normalized spacial score (nSPS) is 12.3. The second-order valence-corrected chi connectivity index (χ2v) is 6.66. The SMILES string of the molecule is Cc1cc(C)nc(SC(C)C(=O)N/N=C/c2ccccc2Cl)n1. The Morgan fingerprint density at radius 2 is 1.96 bits per heavy atom. The van der Waals surface area contributed by atoms with E-state index in [1.165, 1.54) is 18.0 Å². The van der Waals surface area contributed by atoms with Crippen molar-refractivity contribution in [2.45, 2.75) is 31.2 Å². The van der Waals surface area contributed by atoms with Crippen LogP contribution in [0, 0.1) is 13.8 Å². The summed E-state index contributed by atoms with van der Waals surface area (Å²) in [4.78, 5) is 20.7. The molecule has 0 saturated carbocycles. The van der Waals surface area contributed by atoms with Crippen LogP contribution < -0.4 is 5.43 Å². The summed E-state index contributed by atoms with van der Waals surface area (Å²) in [7, 11) is 0. The lowest BCUT2D eigenvalue weighted by Crippen LogP contribution is -2.27. The van der Waals surface area contributed by atoms with Gasteiger partial charge in [-0.15, -0.1) is 0 Å². The van der Waals surface area contributed by atoms with E-state index < -0.39 is 0 Å². The highest BCUT2D eigenvalue weighted by Gasteiger charge is 2.15. The number of rotatable bonds is 5. The van der Waals surface area contributed by atoms with Crippen molar-refractivity contribution in [3.8, 4) is 0 Å². The molecule has 5 nitrogen and oxygen atoms in total. The molecule has 0 aliphatic carbocycles. The fraction of sp³-hybridized carbons (Fsp3) is 0.250. The highest BCUT2D eigenvalue weighted by Crippen LogP contribution is 2.20. The number of aryl methyl sites for hydroxylation is 2. The monoisotopic (exact) mass is 348 g/mol. The molecule has 7 heteroatoms. The minimum atomic E-state index is -0.361. The van der Waals surface area contributed by atoms with Crippen LogP contribution in [0.5, 0.6) is 0 Å². The summed E-state index contributed by atoms with van der Waals surface area (Å²) in [6.07, 6.45) is 1.52. The molecule has 120 valence electrons. The van der Waals surface area contributed by atoms with E-state index in [2.05, 4.69) is 20.5 Å². The number of halogens is 1. The Labute approximate surface area is 144 Å². The van der Waals surface area contributed by atoms with E-state index in [1.54, 1.807) is 13.0 Å². The second kappa shape index (κ2) is 8.08. The van der Waals surface area contributed by atoms with Gasteiger partial charge in [0.05, 0.1) is 11.5 Å². The summed E-state index contributed by atoms with van der Waals surface area (Å²) >= 11 is 7.31. The number of hydrogen-bond donors (Lipinski definition) is 1. The summed E-state index contributed by atoms with van der Waals surface area (Å²) in [5, 5.41) is 4.74. The second-order valence-electron chi connectivity index (χ2n) is 4.95. The van der Waals surface area contributed by atoms with Gasteiger partial charge < -0.3 is 0 Å². The molecule has 0 radical (unpaired) electrons. The van der Waals surface area contributed by atoms with Gasteiger partial charge >= 0.3 is 0 Å². The van der Waals surface area contributed by atoms with Crippen LogP contribution >= 0.6 is 23.4 Å². The molecule has 2 aromatic rings. The number of carbonyl (C=O) groups is 1. The molecule has 2 rings (SSSR count). The molecule has 1 unspecified atom stereocenters. The van der Waals surface area contributed by atoms with Crippen molar-refractivity contribution in [2.24, 2.45) is 5.10 Å². The Hall–Kier alpha value is -1.92. The van der Waals surface area contributed by atoms with Crippen molar-refractivity contribution >= 4 is 35.5 Å². The van der Waals surface area contributed by atoms with Crippen LogP contribution in [-0.2, 0) is 4.79 Å². The predicted octanol–water partition coefficient (Wildman–Crippen LogP) is 3.38. The Bertz CT molecular complexity index is 716. The first-order chi connectivity index (χ1) is 11.0. The molecule has 0 aliphatic rings. The maximum Gasteiger partial charge on any atom is 0.253 e. The number of nitrogens with one attached hydrogen (secondary N) is 1. The summed E-state index contributed by atoms with van der Waals surface area (Å²) in [5.41, 5.74) is 5.00. The van der Waals surface area contributed by atoms with Gasteiger partial charge in [-0.3, -0.25) is 4.79 Å². The minimum Gasteiger partial charge on any atom is -0.272 e. The Balaban J connectivity index is 1.93. The lowest BCUT2D eigenvalue weighted by Gasteiger charge is -2.09. The number of hydrazone groups is 1. The number of aromatic nitrogens is 2. The summed E-state index contributed by atoms with van der Waals surface area (Å²) < 4.78 is 0. The largest absolute Gasteiger partial charge is 0.272 e. The van der Waals surface area contributed by atoms with Gasteiger partial charge in [-0.05, 0) is 32.9 Å². The summed E-state index contributed by atoms with van der Waals surface area (Å²) in [5.74, 6) is -0.221. The van der Waals surface area contributed by atoms with Gasteiger partial charge in [0, 0.05) is 22.0 Å². The topological polar surface area (TPSA) is 67.2 Å². The zero-order chi connectivity index (χ0) is 16.8. The molecule has 0 bridgehead atoms. The standard InChI is InChI=1S/C16H17ClN4OS/c1-10-8-11(2)20-16(19-10)23-12(3)15(22)21-18-9-13-6-4-5-7-14(13)17/h4-9,12H,1-3H3,(H,21,22)/b18-9+. The van der Waals surface area contributed by atoms with Crippen molar-refractivity contribution in [1.82, 2.24) is 15.4 Å². The van der Waals surface area contributed by atoms with Crippen molar-refractivity contribution in [1.29, 1.82) is 0 Å². The zero-order valence-electron chi connectivity index (χ0n) is 13.1. The fourth-order valence-corrected chi connectivity index (χ4v) is 2.85. The van der Waals surface area contributed by atoms with Crippen LogP contribution in [0.1, 0.15) is 23.9 Å². The average Bonchev–Trinajstić information content (AvgIpc) is 2.48. The molecular weight excluding hydrogens is 332 g/mol. The summed E-state index contributed by atoms with van der Waals surface area (Å²) in [6.45, 7) is 5.58. The van der Waals surface area contributed by atoms with Crippen molar-refractivity contribution in [3.05, 3.63) is 52.3 Å². The zero-order valence-corrected chi connectivity index (χ0v) is 14.6. The number of thioether (sulfide) groups is 1. The Morgan fingerprint density at radius 3 is 2.61 bits per heavy atom. The van der Waals surface area contributed by atoms with Crippen molar-refractivity contribution in [2.75, 3.05) is 0 Å². The third kappa shape index (κ3) is 5.33. The Kier molecular flexibility index (Phi) is 6.12. The van der Waals surface area contributed by atoms with E-state index in [1.807, 2.05) is 38.1 Å². The van der Waals surface area contributed by atoms with Crippen LogP contribution in [0.2, 0.25) is 5.02 Å². The maximum absolute atomic E-state index is 12.1. The molecule has 1 heterocycles. The first-order valence-corrected chi connectivity index (χ1v) is 8.28. The number of hydrogen-bond acceptors (Lipinski definition) is 5. The van der Waals surface area contributed by atoms with E-state index in [-0.39, 0.29) is 11.2 Å². The Morgan fingerprint density at radius 1 is 1.30 bits per heavy atom. The van der Waals surface area contributed by atoms with Gasteiger partial charge in [-0.25, -0.2) is 15.4 Å². The fourth-order valence-electron chi connectivity index (χ4n) is 1.79. The lowest BCUT2D eigenvalue weighted by atomic mass is 10.2. The van der Waals surface area contributed by atoms with Crippen LogP contribution in [0.4, 0.5) is 0 Å². The molecule has 1 atom stereocenters. The number of nitrogens with zero attached hydrogens (tertiary/aromatic N) is 3. The highest BCUT2D eigenvalue weighted by molar-refractivity contribution is 8.00. The third-order valence-corrected chi connectivity index (χ3v) is 4.20. The third-order valence-electron chi connectivity index (χ3n) is 2.90. The first-order valence-electron chi connectivity index (χ1n) is 7.02. The minimum absolute atomic E-state index is 0.221. The first kappa shape index (κ1) is 17.4. The molecule has 1 aromatic carbocycles. The van der Waals surface area contributed by atoms with Gasteiger partial charge in [0.15, 0.2) is 5.16 Å². The molecule has 0 spiro atoms. The van der Waals surface area contributed by atoms with Gasteiger partial charge in [-0.1, -0.05) is 41.6 Å². The average molecular weight is 349 g/mol. The molecule has 23 heavy (non-hydrogen) atoms. The predicted molar refractivity (Wildman–Crippen MR) is 94.0 cm³/mol. The molecular formula is C16H17ClN4OS. The van der Waals surface area contributed by atoms with Crippen LogP contribution in [-0.4, -0.2) is 27.3 Å². The van der Waals surface area contributed by atoms with Gasteiger partial charge in [-0.2, -0.15) is 5.10 Å². The molecule has 0 aliphatic heterocycles. The number of benzene rings is 1. The van der Waals surface area contributed by atoms with E-state index in [4.69, 9.17) is 11.6 Å². The van der Waals surface area contributed by atoms with Crippen molar-refractivity contribution in [3.63, 3.8) is 0 Å². The number of carbonyl (C=O) groups excluding carboxylic acids is 1. The van der Waals surface area contributed by atoms with E-state index in [0.29, 0.717) is 10.2 Å². The smallest absolute Gasteiger partial charge is 0.253 e.